The van der Waals surface area contributed by atoms with Crippen molar-refractivity contribution in [2.24, 2.45) is 29.1 Å². The minimum atomic E-state index is -3.81. The SMILES string of the molecule is [C-]#[N+]/C(=C1\CC[C@H]2[C@@H]3CC=C4C=C(OC)CC[C@@H]4[C@H]3CC[C@]12C)S(=O)(=O)c1ccc(C)cc1. The number of allylic oxidation sites excluding steroid dienone is 5. The van der Waals surface area contributed by atoms with Gasteiger partial charge in [-0.2, -0.15) is 0 Å². The summed E-state index contributed by atoms with van der Waals surface area (Å²) < 4.78 is 32.5. The van der Waals surface area contributed by atoms with Crippen LogP contribution in [0.15, 0.2) is 63.2 Å². The van der Waals surface area contributed by atoms with Gasteiger partial charge >= 0.3 is 0 Å². The highest BCUT2D eigenvalue weighted by Crippen LogP contribution is 2.64. The maximum atomic E-state index is 13.5. The summed E-state index contributed by atoms with van der Waals surface area (Å²) in [6.45, 7) is 12.0. The van der Waals surface area contributed by atoms with Crippen LogP contribution in [-0.2, 0) is 14.6 Å². The van der Waals surface area contributed by atoms with Crippen molar-refractivity contribution in [3.05, 3.63) is 75.3 Å². The largest absolute Gasteiger partial charge is 0.501 e. The van der Waals surface area contributed by atoms with Crippen LogP contribution in [0.2, 0.25) is 0 Å². The first-order valence-corrected chi connectivity index (χ1v) is 13.7. The van der Waals surface area contributed by atoms with Crippen LogP contribution in [0.1, 0.15) is 57.4 Å². The first kappa shape index (κ1) is 22.5. The first-order chi connectivity index (χ1) is 15.8. The Kier molecular flexibility index (Phi) is 5.56. The molecule has 4 nitrogen and oxygen atoms in total. The highest BCUT2D eigenvalue weighted by molar-refractivity contribution is 7.95. The van der Waals surface area contributed by atoms with Gasteiger partial charge < -0.3 is 4.74 Å². The molecule has 2 saturated carbocycles. The standard InChI is InChI=1S/C28H33NO3S/c1-18-5-9-21(10-6-18)33(30,31)27(29-3)26-14-13-25-24-11-7-19-17-20(32-4)8-12-22(19)23(24)15-16-28(25,26)2/h5-7,9-10,17,22-25H,8,11-16H2,1-2,4H3/b27-26-/t22-,23+,24+,25-,28-/m0/s1. The summed E-state index contributed by atoms with van der Waals surface area (Å²) in [6, 6.07) is 6.90. The lowest BCUT2D eigenvalue weighted by Gasteiger charge is -2.52. The molecule has 174 valence electrons. The molecule has 1 aromatic carbocycles. The first-order valence-electron chi connectivity index (χ1n) is 12.2. The molecule has 0 radical (unpaired) electrons. The Morgan fingerprint density at radius 2 is 1.88 bits per heavy atom. The smallest absolute Gasteiger partial charge is 0.282 e. The third-order valence-corrected chi connectivity index (χ3v) is 10.8. The lowest BCUT2D eigenvalue weighted by atomic mass is 9.53. The van der Waals surface area contributed by atoms with Crippen molar-refractivity contribution >= 4 is 9.84 Å². The lowest BCUT2D eigenvalue weighted by Crippen LogP contribution is -2.44. The van der Waals surface area contributed by atoms with E-state index in [2.05, 4.69) is 23.9 Å². The third kappa shape index (κ3) is 3.49. The molecular formula is C28H33NO3S. The van der Waals surface area contributed by atoms with Crippen molar-refractivity contribution in [2.45, 2.75) is 63.7 Å². The fourth-order valence-corrected chi connectivity index (χ4v) is 8.87. The van der Waals surface area contributed by atoms with Gasteiger partial charge in [-0.1, -0.05) is 30.7 Å². The molecule has 0 heterocycles. The monoisotopic (exact) mass is 463 g/mol. The molecule has 0 aromatic heterocycles. The number of sulfone groups is 1. The number of benzene rings is 1. The van der Waals surface area contributed by atoms with Gasteiger partial charge in [0.25, 0.3) is 5.03 Å². The minimum Gasteiger partial charge on any atom is -0.501 e. The molecule has 1 aromatic rings. The molecule has 33 heavy (non-hydrogen) atoms. The van der Waals surface area contributed by atoms with Gasteiger partial charge in [0, 0.05) is 6.42 Å². The van der Waals surface area contributed by atoms with Crippen molar-refractivity contribution in [3.8, 4) is 0 Å². The maximum absolute atomic E-state index is 13.5. The van der Waals surface area contributed by atoms with Crippen LogP contribution >= 0.6 is 0 Å². The summed E-state index contributed by atoms with van der Waals surface area (Å²) in [5.41, 5.74) is 3.14. The molecule has 0 amide bonds. The van der Waals surface area contributed by atoms with Crippen molar-refractivity contribution < 1.29 is 13.2 Å². The number of hydrogen-bond acceptors (Lipinski definition) is 3. The molecule has 5 atom stereocenters. The summed E-state index contributed by atoms with van der Waals surface area (Å²) in [7, 11) is -2.05. The zero-order valence-corrected chi connectivity index (χ0v) is 20.6. The molecule has 0 saturated heterocycles. The molecule has 0 unspecified atom stereocenters. The molecule has 0 bridgehead atoms. The van der Waals surface area contributed by atoms with Crippen LogP contribution in [-0.4, -0.2) is 15.5 Å². The van der Waals surface area contributed by atoms with E-state index >= 15 is 0 Å². The Morgan fingerprint density at radius 3 is 2.58 bits per heavy atom. The molecule has 5 heteroatoms. The quantitative estimate of drug-likeness (QED) is 0.474. The molecule has 4 aliphatic carbocycles. The van der Waals surface area contributed by atoms with Gasteiger partial charge in [0.1, 0.15) is 0 Å². The zero-order valence-electron chi connectivity index (χ0n) is 19.8. The van der Waals surface area contributed by atoms with Crippen molar-refractivity contribution in [2.75, 3.05) is 7.11 Å². The van der Waals surface area contributed by atoms with Gasteiger partial charge in [0.2, 0.25) is 9.84 Å². The van der Waals surface area contributed by atoms with Crippen LogP contribution in [0, 0.1) is 42.6 Å². The van der Waals surface area contributed by atoms with E-state index in [1.165, 1.54) is 5.57 Å². The van der Waals surface area contributed by atoms with E-state index in [1.807, 2.05) is 19.1 Å². The van der Waals surface area contributed by atoms with E-state index in [4.69, 9.17) is 11.3 Å². The van der Waals surface area contributed by atoms with Crippen molar-refractivity contribution in [1.29, 1.82) is 0 Å². The molecule has 0 N–H and O–H groups in total. The Labute approximate surface area is 198 Å². The van der Waals surface area contributed by atoms with Crippen LogP contribution in [0.25, 0.3) is 4.85 Å². The van der Waals surface area contributed by atoms with Gasteiger partial charge in [0.05, 0.1) is 24.3 Å². The van der Waals surface area contributed by atoms with E-state index in [9.17, 15) is 8.42 Å². The summed E-state index contributed by atoms with van der Waals surface area (Å²) in [6.07, 6.45) is 11.7. The van der Waals surface area contributed by atoms with E-state index in [0.717, 1.165) is 61.8 Å². The zero-order chi connectivity index (χ0) is 23.4. The van der Waals surface area contributed by atoms with E-state index in [-0.39, 0.29) is 15.3 Å². The Bertz CT molecular complexity index is 1200. The predicted molar refractivity (Wildman–Crippen MR) is 130 cm³/mol. The van der Waals surface area contributed by atoms with Crippen LogP contribution in [0.5, 0.6) is 0 Å². The third-order valence-electron chi connectivity index (χ3n) is 9.08. The molecule has 2 fully saturated rings. The number of rotatable bonds is 3. The van der Waals surface area contributed by atoms with Gasteiger partial charge in [-0.3, -0.25) is 0 Å². The Balaban J connectivity index is 1.51. The molecule has 5 rings (SSSR count). The highest BCUT2D eigenvalue weighted by atomic mass is 32.2. The minimum absolute atomic E-state index is 0.00724. The second-order valence-corrected chi connectivity index (χ2v) is 12.4. The van der Waals surface area contributed by atoms with Gasteiger partial charge in [0.15, 0.2) is 0 Å². The number of ether oxygens (including phenoxy) is 1. The number of fused-ring (bicyclic) bond motifs is 5. The molecule has 4 aliphatic rings. The lowest BCUT2D eigenvalue weighted by molar-refractivity contribution is 0.0285. The van der Waals surface area contributed by atoms with Crippen LogP contribution in [0.3, 0.4) is 0 Å². The number of methoxy groups -OCH3 is 1. The summed E-state index contributed by atoms with van der Waals surface area (Å²) in [4.78, 5) is 3.91. The fraction of sp³-hybridized carbons (Fsp3) is 0.536. The van der Waals surface area contributed by atoms with Crippen LogP contribution in [0.4, 0.5) is 0 Å². The van der Waals surface area contributed by atoms with Crippen molar-refractivity contribution in [3.63, 3.8) is 0 Å². The van der Waals surface area contributed by atoms with Crippen LogP contribution < -0.4 is 0 Å². The second kappa shape index (κ2) is 8.17. The highest BCUT2D eigenvalue weighted by Gasteiger charge is 2.55. The fourth-order valence-electron chi connectivity index (χ4n) is 7.37. The van der Waals surface area contributed by atoms with Gasteiger partial charge in [-0.25, -0.2) is 13.3 Å². The maximum Gasteiger partial charge on any atom is 0.282 e. The number of nitrogens with zero attached hydrogens (tertiary/aromatic N) is 1. The molecular weight excluding hydrogens is 430 g/mol. The van der Waals surface area contributed by atoms with Crippen molar-refractivity contribution in [1.82, 2.24) is 0 Å². The van der Waals surface area contributed by atoms with E-state index in [1.54, 1.807) is 19.2 Å². The molecule has 0 spiro atoms. The van der Waals surface area contributed by atoms with E-state index < -0.39 is 9.84 Å². The topological polar surface area (TPSA) is 47.7 Å². The number of hydrogen-bond donors (Lipinski definition) is 0. The Morgan fingerprint density at radius 1 is 1.12 bits per heavy atom. The summed E-state index contributed by atoms with van der Waals surface area (Å²) in [5.74, 6) is 3.35. The second-order valence-electron chi connectivity index (χ2n) is 10.5. The average Bonchev–Trinajstić information content (AvgIpc) is 3.16. The summed E-state index contributed by atoms with van der Waals surface area (Å²) in [5, 5.41) is -0.00724. The Hall–Kier alpha value is -2.32. The van der Waals surface area contributed by atoms with Gasteiger partial charge in [-0.15, -0.1) is 0 Å². The predicted octanol–water partition coefficient (Wildman–Crippen LogP) is 6.61. The normalized spacial score (nSPS) is 34.7. The average molecular weight is 464 g/mol. The van der Waals surface area contributed by atoms with Gasteiger partial charge in [-0.05, 0) is 104 Å². The molecule has 0 aliphatic heterocycles. The summed E-state index contributed by atoms with van der Waals surface area (Å²) >= 11 is 0. The number of aryl methyl sites for hydroxylation is 1. The van der Waals surface area contributed by atoms with E-state index in [0.29, 0.717) is 23.7 Å².